The van der Waals surface area contributed by atoms with Gasteiger partial charge in [0.1, 0.15) is 0 Å². The Morgan fingerprint density at radius 3 is 2.65 bits per heavy atom. The van der Waals surface area contributed by atoms with E-state index in [2.05, 4.69) is 10.6 Å². The largest absolute Gasteiger partial charge is 0.387 e. The van der Waals surface area contributed by atoms with E-state index in [0.29, 0.717) is 0 Å². The fourth-order valence-corrected chi connectivity index (χ4v) is 3.32. The molecule has 2 aromatic rings. The number of hydrogen-bond donors (Lipinski definition) is 3. The first-order valence-electron chi connectivity index (χ1n) is 8.44. The quantitative estimate of drug-likeness (QED) is 0.809. The Morgan fingerprint density at radius 2 is 1.83 bits per heavy atom. The summed E-state index contributed by atoms with van der Waals surface area (Å²) in [7, 11) is 0. The first-order chi connectivity index (χ1) is 11.2. The van der Waals surface area contributed by atoms with Crippen molar-refractivity contribution in [2.24, 2.45) is 0 Å². The van der Waals surface area contributed by atoms with Crippen molar-refractivity contribution < 1.29 is 9.90 Å². The number of benzene rings is 2. The van der Waals surface area contributed by atoms with Crippen LogP contribution in [0.1, 0.15) is 43.8 Å². The molecular weight excluding hydrogens is 288 g/mol. The van der Waals surface area contributed by atoms with Gasteiger partial charge in [-0.05, 0) is 29.2 Å². The summed E-state index contributed by atoms with van der Waals surface area (Å²) in [6, 6.07) is 13.9. The molecule has 1 aliphatic carbocycles. The second-order valence-corrected chi connectivity index (χ2v) is 6.27. The molecule has 0 bridgehead atoms. The van der Waals surface area contributed by atoms with Gasteiger partial charge in [0.15, 0.2) is 0 Å². The van der Waals surface area contributed by atoms with Crippen molar-refractivity contribution in [1.82, 2.24) is 10.6 Å². The Bertz CT molecular complexity index is 660. The molecule has 0 heterocycles. The Morgan fingerprint density at radius 1 is 1.09 bits per heavy atom. The molecule has 1 aliphatic rings. The van der Waals surface area contributed by atoms with E-state index in [4.69, 9.17) is 0 Å². The Labute approximate surface area is 136 Å². The van der Waals surface area contributed by atoms with E-state index in [0.717, 1.165) is 29.2 Å². The van der Waals surface area contributed by atoms with Gasteiger partial charge in [0.2, 0.25) is 0 Å². The van der Waals surface area contributed by atoms with Crippen molar-refractivity contribution >= 4 is 16.8 Å². The molecular formula is C19H24N2O2. The molecule has 2 aromatic carbocycles. The molecule has 3 rings (SSSR count). The lowest BCUT2D eigenvalue weighted by atomic mass is 9.96. The molecule has 3 N–H and O–H groups in total. The highest BCUT2D eigenvalue weighted by Crippen LogP contribution is 2.23. The normalized spacial score (nSPS) is 16.9. The number of rotatable bonds is 4. The van der Waals surface area contributed by atoms with Crippen molar-refractivity contribution in [3.8, 4) is 0 Å². The summed E-state index contributed by atoms with van der Waals surface area (Å²) in [5.74, 6) is 0. The van der Waals surface area contributed by atoms with Gasteiger partial charge in [0.25, 0.3) is 0 Å². The molecule has 0 aliphatic heterocycles. The number of carbonyl (C=O) groups excluding carboxylic acids is 1. The van der Waals surface area contributed by atoms with Crippen LogP contribution >= 0.6 is 0 Å². The summed E-state index contributed by atoms with van der Waals surface area (Å²) < 4.78 is 0. The minimum atomic E-state index is -0.710. The molecule has 1 fully saturated rings. The Hall–Kier alpha value is -2.07. The number of amides is 2. The van der Waals surface area contributed by atoms with Crippen LogP contribution in [-0.2, 0) is 0 Å². The predicted octanol–water partition coefficient (Wildman–Crippen LogP) is 3.51. The number of urea groups is 1. The fraction of sp³-hybridized carbons (Fsp3) is 0.421. The third-order valence-corrected chi connectivity index (χ3v) is 4.58. The van der Waals surface area contributed by atoms with E-state index in [9.17, 15) is 9.90 Å². The third kappa shape index (κ3) is 4.02. The zero-order chi connectivity index (χ0) is 16.1. The fourth-order valence-electron chi connectivity index (χ4n) is 3.32. The van der Waals surface area contributed by atoms with Crippen LogP contribution in [0.3, 0.4) is 0 Å². The Balaban J connectivity index is 1.58. The Kier molecular flexibility index (Phi) is 5.13. The monoisotopic (exact) mass is 312 g/mol. The number of hydrogen-bond acceptors (Lipinski definition) is 2. The van der Waals surface area contributed by atoms with E-state index in [-0.39, 0.29) is 18.6 Å². The number of nitrogens with one attached hydrogen (secondary N) is 2. The van der Waals surface area contributed by atoms with Crippen LogP contribution in [0.4, 0.5) is 4.79 Å². The minimum Gasteiger partial charge on any atom is -0.387 e. The lowest BCUT2D eigenvalue weighted by molar-refractivity contribution is 0.173. The minimum absolute atomic E-state index is 0.184. The van der Waals surface area contributed by atoms with Crippen LogP contribution in [0.2, 0.25) is 0 Å². The standard InChI is InChI=1S/C19H24N2O2/c22-18(13-20-19(23)21-15-9-2-1-3-10-15)17-12-6-8-14-7-4-5-11-16(14)17/h4-8,11-12,15,18,22H,1-3,9-10,13H2,(H2,20,21,23). The van der Waals surface area contributed by atoms with Crippen molar-refractivity contribution in [2.75, 3.05) is 6.54 Å². The maximum Gasteiger partial charge on any atom is 0.315 e. The highest BCUT2D eigenvalue weighted by Gasteiger charge is 2.17. The van der Waals surface area contributed by atoms with Crippen LogP contribution in [0.5, 0.6) is 0 Å². The van der Waals surface area contributed by atoms with Crippen molar-refractivity contribution in [1.29, 1.82) is 0 Å². The second-order valence-electron chi connectivity index (χ2n) is 6.27. The van der Waals surface area contributed by atoms with E-state index >= 15 is 0 Å². The van der Waals surface area contributed by atoms with Gasteiger partial charge in [0, 0.05) is 12.6 Å². The molecule has 2 amide bonds. The molecule has 23 heavy (non-hydrogen) atoms. The van der Waals surface area contributed by atoms with E-state index in [1.807, 2.05) is 42.5 Å². The van der Waals surface area contributed by atoms with Crippen LogP contribution in [0.25, 0.3) is 10.8 Å². The number of aliphatic hydroxyl groups excluding tert-OH is 1. The summed E-state index contributed by atoms with van der Waals surface area (Å²) in [6.45, 7) is 0.215. The van der Waals surface area contributed by atoms with Crippen molar-refractivity contribution in [3.63, 3.8) is 0 Å². The van der Waals surface area contributed by atoms with Gasteiger partial charge >= 0.3 is 6.03 Å². The zero-order valence-corrected chi connectivity index (χ0v) is 13.3. The van der Waals surface area contributed by atoms with E-state index in [1.54, 1.807) is 0 Å². The highest BCUT2D eigenvalue weighted by molar-refractivity contribution is 5.86. The van der Waals surface area contributed by atoms with Gasteiger partial charge in [-0.3, -0.25) is 0 Å². The number of aliphatic hydroxyl groups is 1. The molecule has 0 spiro atoms. The molecule has 4 heteroatoms. The van der Waals surface area contributed by atoms with Crippen LogP contribution in [-0.4, -0.2) is 23.7 Å². The van der Waals surface area contributed by atoms with Crippen LogP contribution in [0, 0.1) is 0 Å². The van der Waals surface area contributed by atoms with Gasteiger partial charge in [-0.1, -0.05) is 61.7 Å². The first kappa shape index (κ1) is 15.8. The molecule has 1 atom stereocenters. The second kappa shape index (κ2) is 7.47. The molecule has 1 unspecified atom stereocenters. The number of fused-ring (bicyclic) bond motifs is 1. The molecule has 122 valence electrons. The summed E-state index contributed by atoms with van der Waals surface area (Å²) in [4.78, 5) is 12.0. The predicted molar refractivity (Wildman–Crippen MR) is 92.3 cm³/mol. The molecule has 0 saturated heterocycles. The van der Waals surface area contributed by atoms with E-state index in [1.165, 1.54) is 19.3 Å². The van der Waals surface area contributed by atoms with Gasteiger partial charge in [-0.2, -0.15) is 0 Å². The zero-order valence-electron chi connectivity index (χ0n) is 13.3. The van der Waals surface area contributed by atoms with E-state index < -0.39 is 6.10 Å². The van der Waals surface area contributed by atoms with Crippen molar-refractivity contribution in [3.05, 3.63) is 48.0 Å². The average molecular weight is 312 g/mol. The smallest absolute Gasteiger partial charge is 0.315 e. The average Bonchev–Trinajstić information content (AvgIpc) is 2.60. The summed E-state index contributed by atoms with van der Waals surface area (Å²) in [5, 5.41) is 18.3. The summed E-state index contributed by atoms with van der Waals surface area (Å²) in [5.41, 5.74) is 0.848. The lowest BCUT2D eigenvalue weighted by Crippen LogP contribution is -2.44. The molecule has 4 nitrogen and oxygen atoms in total. The third-order valence-electron chi connectivity index (χ3n) is 4.58. The van der Waals surface area contributed by atoms with Gasteiger partial charge < -0.3 is 15.7 Å². The number of carbonyl (C=O) groups is 1. The van der Waals surface area contributed by atoms with Crippen LogP contribution < -0.4 is 10.6 Å². The van der Waals surface area contributed by atoms with Crippen molar-refractivity contribution in [2.45, 2.75) is 44.2 Å². The topological polar surface area (TPSA) is 61.4 Å². The maximum absolute atomic E-state index is 12.0. The summed E-state index contributed by atoms with van der Waals surface area (Å²) in [6.07, 6.45) is 5.03. The van der Waals surface area contributed by atoms with Gasteiger partial charge in [-0.15, -0.1) is 0 Å². The molecule has 0 aromatic heterocycles. The summed E-state index contributed by atoms with van der Waals surface area (Å²) >= 11 is 0. The first-order valence-corrected chi connectivity index (χ1v) is 8.44. The SMILES string of the molecule is O=C(NCC(O)c1cccc2ccccc12)NC1CCCCC1. The van der Waals surface area contributed by atoms with Crippen LogP contribution in [0.15, 0.2) is 42.5 Å². The molecule has 1 saturated carbocycles. The van der Waals surface area contributed by atoms with Gasteiger partial charge in [0.05, 0.1) is 6.10 Å². The highest BCUT2D eigenvalue weighted by atomic mass is 16.3. The maximum atomic E-state index is 12.0. The lowest BCUT2D eigenvalue weighted by Gasteiger charge is -2.23. The molecule has 0 radical (unpaired) electrons. The van der Waals surface area contributed by atoms with Gasteiger partial charge in [-0.25, -0.2) is 4.79 Å².